The van der Waals surface area contributed by atoms with Gasteiger partial charge in [0.15, 0.2) is 0 Å². The Morgan fingerprint density at radius 1 is 1.53 bits per heavy atom. The summed E-state index contributed by atoms with van der Waals surface area (Å²) in [7, 11) is 0. The fourth-order valence-electron chi connectivity index (χ4n) is 1.09. The summed E-state index contributed by atoms with van der Waals surface area (Å²) in [5.74, 6) is -0.292. The summed E-state index contributed by atoms with van der Waals surface area (Å²) >= 11 is 0. The van der Waals surface area contributed by atoms with Crippen molar-refractivity contribution in [1.29, 1.82) is 0 Å². The minimum Gasteiger partial charge on any atom is -0.463 e. The highest BCUT2D eigenvalue weighted by Gasteiger charge is 2.04. The normalized spacial score (nSPS) is 11.3. The number of aromatic nitrogens is 1. The second kappa shape index (κ2) is 5.29. The lowest BCUT2D eigenvalue weighted by molar-refractivity contribution is -0.138. The number of ether oxygens (including phenoxy) is 1. The van der Waals surface area contributed by atoms with E-state index in [2.05, 4.69) is 4.98 Å². The molecule has 1 aromatic heterocycles. The Hall–Kier alpha value is -1.64. The van der Waals surface area contributed by atoms with Crippen molar-refractivity contribution in [3.05, 3.63) is 35.2 Å². The summed E-state index contributed by atoms with van der Waals surface area (Å²) in [4.78, 5) is 15.5. The van der Waals surface area contributed by atoms with Crippen LogP contribution in [0, 0.1) is 6.92 Å². The zero-order chi connectivity index (χ0) is 11.3. The Kier molecular flexibility index (Phi) is 4.03. The molecule has 3 nitrogen and oxygen atoms in total. The van der Waals surface area contributed by atoms with Crippen LogP contribution in [0.2, 0.25) is 0 Å². The first-order chi connectivity index (χ1) is 7.13. The summed E-state index contributed by atoms with van der Waals surface area (Å²) in [5, 5.41) is 0. The SMILES string of the molecule is CCOC(=O)/C(C)=C/c1ccc(C)cn1. The van der Waals surface area contributed by atoms with Crippen LogP contribution in [0.4, 0.5) is 0 Å². The van der Waals surface area contributed by atoms with Gasteiger partial charge in [0.2, 0.25) is 0 Å². The second-order valence-corrected chi connectivity index (χ2v) is 3.31. The molecule has 0 saturated carbocycles. The summed E-state index contributed by atoms with van der Waals surface area (Å²) in [6, 6.07) is 3.83. The van der Waals surface area contributed by atoms with Crippen LogP contribution in [-0.4, -0.2) is 17.6 Å². The van der Waals surface area contributed by atoms with E-state index in [0.717, 1.165) is 11.3 Å². The van der Waals surface area contributed by atoms with Gasteiger partial charge in [-0.3, -0.25) is 4.98 Å². The average molecular weight is 205 g/mol. The molecule has 0 fully saturated rings. The highest BCUT2D eigenvalue weighted by molar-refractivity contribution is 5.92. The van der Waals surface area contributed by atoms with Crippen LogP contribution in [0.1, 0.15) is 25.1 Å². The van der Waals surface area contributed by atoms with Gasteiger partial charge in [0.1, 0.15) is 0 Å². The Bertz CT molecular complexity index is 366. The minimum absolute atomic E-state index is 0.292. The van der Waals surface area contributed by atoms with Gasteiger partial charge in [-0.2, -0.15) is 0 Å². The van der Waals surface area contributed by atoms with Crippen molar-refractivity contribution in [2.45, 2.75) is 20.8 Å². The van der Waals surface area contributed by atoms with Gasteiger partial charge in [-0.25, -0.2) is 4.79 Å². The van der Waals surface area contributed by atoms with E-state index in [0.29, 0.717) is 12.2 Å². The molecule has 15 heavy (non-hydrogen) atoms. The first-order valence-corrected chi connectivity index (χ1v) is 4.91. The Labute approximate surface area is 89.8 Å². The predicted octanol–water partition coefficient (Wildman–Crippen LogP) is 2.36. The molecule has 80 valence electrons. The quantitative estimate of drug-likeness (QED) is 0.561. The molecular weight excluding hydrogens is 190 g/mol. The number of aryl methyl sites for hydroxylation is 1. The molecule has 1 heterocycles. The smallest absolute Gasteiger partial charge is 0.333 e. The summed E-state index contributed by atoms with van der Waals surface area (Å²) in [5.41, 5.74) is 2.43. The number of carbonyl (C=O) groups is 1. The van der Waals surface area contributed by atoms with Crippen LogP contribution >= 0.6 is 0 Å². The van der Waals surface area contributed by atoms with E-state index >= 15 is 0 Å². The van der Waals surface area contributed by atoms with Crippen molar-refractivity contribution in [3.8, 4) is 0 Å². The highest BCUT2D eigenvalue weighted by Crippen LogP contribution is 2.06. The van der Waals surface area contributed by atoms with Crippen molar-refractivity contribution in [2.75, 3.05) is 6.61 Å². The predicted molar refractivity (Wildman–Crippen MR) is 59.3 cm³/mol. The van der Waals surface area contributed by atoms with E-state index < -0.39 is 0 Å². The van der Waals surface area contributed by atoms with Crippen molar-refractivity contribution in [1.82, 2.24) is 4.98 Å². The van der Waals surface area contributed by atoms with Gasteiger partial charge in [0.25, 0.3) is 0 Å². The third kappa shape index (κ3) is 3.54. The molecule has 3 heteroatoms. The Morgan fingerprint density at radius 3 is 2.80 bits per heavy atom. The van der Waals surface area contributed by atoms with Crippen LogP contribution in [0.25, 0.3) is 6.08 Å². The van der Waals surface area contributed by atoms with Crippen LogP contribution in [0.3, 0.4) is 0 Å². The molecule has 0 aliphatic carbocycles. The zero-order valence-electron chi connectivity index (χ0n) is 9.28. The Morgan fingerprint density at radius 2 is 2.27 bits per heavy atom. The third-order valence-corrected chi connectivity index (χ3v) is 1.90. The molecule has 0 aromatic carbocycles. The van der Waals surface area contributed by atoms with E-state index in [9.17, 15) is 4.79 Å². The van der Waals surface area contributed by atoms with Crippen molar-refractivity contribution >= 4 is 12.0 Å². The van der Waals surface area contributed by atoms with E-state index in [4.69, 9.17) is 4.74 Å². The first-order valence-electron chi connectivity index (χ1n) is 4.91. The second-order valence-electron chi connectivity index (χ2n) is 3.31. The van der Waals surface area contributed by atoms with Gasteiger partial charge in [-0.1, -0.05) is 6.07 Å². The van der Waals surface area contributed by atoms with Crippen molar-refractivity contribution < 1.29 is 9.53 Å². The number of hydrogen-bond donors (Lipinski definition) is 0. The molecule has 0 aliphatic rings. The number of pyridine rings is 1. The summed E-state index contributed by atoms with van der Waals surface area (Å²) < 4.78 is 4.86. The van der Waals surface area contributed by atoms with E-state index in [1.54, 1.807) is 26.1 Å². The van der Waals surface area contributed by atoms with E-state index in [-0.39, 0.29) is 5.97 Å². The maximum absolute atomic E-state index is 11.3. The molecule has 1 aromatic rings. The van der Waals surface area contributed by atoms with Gasteiger partial charge in [0, 0.05) is 11.8 Å². The molecule has 0 atom stereocenters. The molecule has 0 unspecified atom stereocenters. The zero-order valence-corrected chi connectivity index (χ0v) is 9.28. The summed E-state index contributed by atoms with van der Waals surface area (Å²) in [6.07, 6.45) is 3.49. The third-order valence-electron chi connectivity index (χ3n) is 1.90. The van der Waals surface area contributed by atoms with E-state index in [1.807, 2.05) is 19.1 Å². The number of carbonyl (C=O) groups excluding carboxylic acids is 1. The van der Waals surface area contributed by atoms with Crippen LogP contribution in [0.5, 0.6) is 0 Å². The average Bonchev–Trinajstić information content (AvgIpc) is 2.22. The largest absolute Gasteiger partial charge is 0.463 e. The molecule has 0 saturated heterocycles. The molecule has 0 aliphatic heterocycles. The molecule has 0 radical (unpaired) electrons. The van der Waals surface area contributed by atoms with Gasteiger partial charge >= 0.3 is 5.97 Å². The molecule has 0 amide bonds. The molecular formula is C12H15NO2. The minimum atomic E-state index is -0.292. The summed E-state index contributed by atoms with van der Waals surface area (Å²) in [6.45, 7) is 5.87. The number of esters is 1. The maximum Gasteiger partial charge on any atom is 0.333 e. The van der Waals surface area contributed by atoms with Crippen LogP contribution in [-0.2, 0) is 9.53 Å². The highest BCUT2D eigenvalue weighted by atomic mass is 16.5. The van der Waals surface area contributed by atoms with Crippen molar-refractivity contribution in [3.63, 3.8) is 0 Å². The lowest BCUT2D eigenvalue weighted by Crippen LogP contribution is -2.04. The first kappa shape index (κ1) is 11.4. The van der Waals surface area contributed by atoms with Gasteiger partial charge in [0.05, 0.1) is 12.3 Å². The fraction of sp³-hybridized carbons (Fsp3) is 0.333. The lowest BCUT2D eigenvalue weighted by atomic mass is 10.2. The van der Waals surface area contributed by atoms with Crippen LogP contribution < -0.4 is 0 Å². The number of nitrogens with zero attached hydrogens (tertiary/aromatic N) is 1. The standard InChI is InChI=1S/C12H15NO2/c1-4-15-12(14)10(3)7-11-6-5-9(2)8-13-11/h5-8H,4H2,1-3H3/b10-7+. The van der Waals surface area contributed by atoms with Gasteiger partial charge in [-0.05, 0) is 38.5 Å². The number of rotatable bonds is 3. The molecule has 0 N–H and O–H groups in total. The number of hydrogen-bond acceptors (Lipinski definition) is 3. The molecule has 1 rings (SSSR count). The van der Waals surface area contributed by atoms with Gasteiger partial charge < -0.3 is 4.74 Å². The van der Waals surface area contributed by atoms with Crippen molar-refractivity contribution in [2.24, 2.45) is 0 Å². The molecule has 0 bridgehead atoms. The monoisotopic (exact) mass is 205 g/mol. The lowest BCUT2D eigenvalue weighted by Gasteiger charge is -2.01. The van der Waals surface area contributed by atoms with Crippen LogP contribution in [0.15, 0.2) is 23.9 Å². The van der Waals surface area contributed by atoms with Gasteiger partial charge in [-0.15, -0.1) is 0 Å². The topological polar surface area (TPSA) is 39.2 Å². The maximum atomic E-state index is 11.3. The Balaban J connectivity index is 2.78. The van der Waals surface area contributed by atoms with E-state index in [1.165, 1.54) is 0 Å². The molecule has 0 spiro atoms. The fourth-order valence-corrected chi connectivity index (χ4v) is 1.09.